The molecule has 0 amide bonds. The van der Waals surface area contributed by atoms with E-state index in [4.69, 9.17) is 11.7 Å². The monoisotopic (exact) mass is 146 g/mol. The topological polar surface area (TPSA) is 100 Å². The van der Waals surface area contributed by atoms with Crippen molar-refractivity contribution in [1.29, 1.82) is 0 Å². The van der Waals surface area contributed by atoms with Crippen LogP contribution in [0.1, 0.15) is 6.42 Å². The molecule has 0 saturated carbocycles. The number of hydrogen-bond donors (Lipinski definition) is 6. The molecule has 1 fully saturated rings. The molecule has 0 aromatic rings. The zero-order valence-electron chi connectivity index (χ0n) is 5.72. The van der Waals surface area contributed by atoms with Crippen LogP contribution in [0.4, 0.5) is 0 Å². The summed E-state index contributed by atoms with van der Waals surface area (Å²) in [6.07, 6.45) is 1.11. The second-order valence-electron chi connectivity index (χ2n) is 2.26. The molecule has 60 valence electrons. The number of rotatable bonds is 2. The average molecular weight is 146 g/mol. The van der Waals surface area contributed by atoms with E-state index in [2.05, 4.69) is 21.5 Å². The largest absolute Gasteiger partial charge is 0.288 e. The first-order valence-electron chi connectivity index (χ1n) is 3.26. The minimum Gasteiger partial charge on any atom is -0.288 e. The van der Waals surface area contributed by atoms with Crippen molar-refractivity contribution in [3.05, 3.63) is 0 Å². The summed E-state index contributed by atoms with van der Waals surface area (Å²) in [5.41, 5.74) is 5.24. The van der Waals surface area contributed by atoms with Crippen molar-refractivity contribution in [3.63, 3.8) is 0 Å². The second-order valence-corrected chi connectivity index (χ2v) is 2.26. The molecular formula is C4H14N6. The van der Waals surface area contributed by atoms with Crippen LogP contribution in [-0.4, -0.2) is 19.0 Å². The van der Waals surface area contributed by atoms with Crippen LogP contribution < -0.4 is 33.2 Å². The fraction of sp³-hybridized carbons (Fsp3) is 1.00. The van der Waals surface area contributed by atoms with Gasteiger partial charge in [0.15, 0.2) is 0 Å². The van der Waals surface area contributed by atoms with E-state index in [1.54, 1.807) is 0 Å². The number of hydrazine groups is 2. The molecule has 0 aromatic heterocycles. The third kappa shape index (κ3) is 1.87. The second kappa shape index (κ2) is 3.81. The molecule has 1 heterocycles. The summed E-state index contributed by atoms with van der Waals surface area (Å²) in [5, 5.41) is 6.18. The van der Waals surface area contributed by atoms with E-state index in [1.807, 2.05) is 0 Å². The molecule has 0 radical (unpaired) electrons. The molecule has 0 aromatic carbocycles. The van der Waals surface area contributed by atoms with Crippen LogP contribution in [0.5, 0.6) is 0 Å². The fourth-order valence-corrected chi connectivity index (χ4v) is 0.962. The highest BCUT2D eigenvalue weighted by molar-refractivity contribution is 4.74. The van der Waals surface area contributed by atoms with Crippen LogP contribution in [0.15, 0.2) is 0 Å². The Kier molecular flexibility index (Phi) is 3.00. The van der Waals surface area contributed by atoms with Crippen LogP contribution in [0.2, 0.25) is 0 Å². The molecule has 10 heavy (non-hydrogen) atoms. The van der Waals surface area contributed by atoms with E-state index in [-0.39, 0.29) is 12.3 Å². The Hall–Kier alpha value is -0.240. The first kappa shape index (κ1) is 7.86. The van der Waals surface area contributed by atoms with Gasteiger partial charge in [-0.3, -0.25) is 22.3 Å². The van der Waals surface area contributed by atoms with E-state index >= 15 is 0 Å². The van der Waals surface area contributed by atoms with Crippen LogP contribution in [-0.2, 0) is 0 Å². The van der Waals surface area contributed by atoms with Crippen LogP contribution in [0.25, 0.3) is 0 Å². The summed E-state index contributed by atoms with van der Waals surface area (Å²) in [6, 6.07) is 0. The molecule has 1 rings (SSSR count). The maximum Gasteiger partial charge on any atom is 0.0739 e. The lowest BCUT2D eigenvalue weighted by molar-refractivity contribution is 0.252. The normalized spacial score (nSPS) is 34.2. The van der Waals surface area contributed by atoms with E-state index in [1.165, 1.54) is 0 Å². The molecule has 2 unspecified atom stereocenters. The maximum atomic E-state index is 5.21. The summed E-state index contributed by atoms with van der Waals surface area (Å²) in [4.78, 5) is 0. The third-order valence-corrected chi connectivity index (χ3v) is 1.57. The first-order chi connectivity index (χ1) is 4.86. The summed E-state index contributed by atoms with van der Waals surface area (Å²) in [6.45, 7) is 0.712. The molecule has 2 atom stereocenters. The van der Waals surface area contributed by atoms with Gasteiger partial charge in [0.05, 0.1) is 12.3 Å². The van der Waals surface area contributed by atoms with Gasteiger partial charge < -0.3 is 0 Å². The molecule has 1 aliphatic rings. The van der Waals surface area contributed by atoms with Gasteiger partial charge in [0.2, 0.25) is 0 Å². The van der Waals surface area contributed by atoms with Gasteiger partial charge in [-0.05, 0) is 0 Å². The van der Waals surface area contributed by atoms with E-state index in [0.717, 1.165) is 6.42 Å². The van der Waals surface area contributed by atoms with Crippen molar-refractivity contribution in [1.82, 2.24) is 21.5 Å². The van der Waals surface area contributed by atoms with Gasteiger partial charge in [-0.2, -0.15) is 0 Å². The van der Waals surface area contributed by atoms with Crippen LogP contribution in [0.3, 0.4) is 0 Å². The molecule has 0 aliphatic carbocycles. The lowest BCUT2D eigenvalue weighted by atomic mass is 10.2. The van der Waals surface area contributed by atoms with Crippen LogP contribution >= 0.6 is 0 Å². The highest BCUT2D eigenvalue weighted by atomic mass is 15.4. The lowest BCUT2D eigenvalue weighted by Gasteiger charge is -2.30. The van der Waals surface area contributed by atoms with E-state index in [9.17, 15) is 0 Å². The van der Waals surface area contributed by atoms with Gasteiger partial charge in [0, 0.05) is 13.1 Å². The minimum atomic E-state index is 0.141. The zero-order valence-corrected chi connectivity index (χ0v) is 5.72. The Morgan fingerprint density at radius 1 is 1.10 bits per heavy atom. The number of hydrogen-bond acceptors (Lipinski definition) is 6. The quantitative estimate of drug-likeness (QED) is 0.185. The molecule has 1 saturated heterocycles. The Balaban J connectivity index is 2.25. The maximum absolute atomic E-state index is 5.21. The standard InChI is InChI=1S/C4H14N6/c5-9-3-1-4(10-6)8-2-7-3/h3-4,7-10H,1-2,5-6H2. The molecule has 6 nitrogen and oxygen atoms in total. The van der Waals surface area contributed by atoms with Crippen molar-refractivity contribution < 1.29 is 0 Å². The molecule has 0 spiro atoms. The van der Waals surface area contributed by atoms with Gasteiger partial charge in [0.1, 0.15) is 0 Å². The predicted molar refractivity (Wildman–Crippen MR) is 38.0 cm³/mol. The number of nitrogens with one attached hydrogen (secondary N) is 4. The molecule has 8 N–H and O–H groups in total. The van der Waals surface area contributed by atoms with Crippen molar-refractivity contribution in [2.24, 2.45) is 11.7 Å². The van der Waals surface area contributed by atoms with Gasteiger partial charge in [-0.25, -0.2) is 10.9 Å². The van der Waals surface area contributed by atoms with Gasteiger partial charge >= 0.3 is 0 Å². The first-order valence-corrected chi connectivity index (χ1v) is 3.26. The van der Waals surface area contributed by atoms with Gasteiger partial charge in [0.25, 0.3) is 0 Å². The molecule has 6 heteroatoms. The summed E-state index contributed by atoms with van der Waals surface area (Å²) < 4.78 is 0. The number of nitrogens with two attached hydrogens (primary N) is 2. The summed E-state index contributed by atoms with van der Waals surface area (Å²) >= 11 is 0. The van der Waals surface area contributed by atoms with Crippen molar-refractivity contribution >= 4 is 0 Å². The Bertz CT molecular complexity index is 85.7. The van der Waals surface area contributed by atoms with Gasteiger partial charge in [-0.15, -0.1) is 0 Å². The van der Waals surface area contributed by atoms with E-state index < -0.39 is 0 Å². The minimum absolute atomic E-state index is 0.141. The Morgan fingerprint density at radius 3 is 2.00 bits per heavy atom. The molecule has 1 aliphatic heterocycles. The zero-order chi connectivity index (χ0) is 7.40. The summed E-state index contributed by atoms with van der Waals surface area (Å²) in [5.74, 6) is 10.4. The van der Waals surface area contributed by atoms with Crippen LogP contribution in [0, 0.1) is 0 Å². The van der Waals surface area contributed by atoms with E-state index in [0.29, 0.717) is 6.67 Å². The van der Waals surface area contributed by atoms with Crippen molar-refractivity contribution in [2.75, 3.05) is 6.67 Å². The lowest BCUT2D eigenvalue weighted by Crippen LogP contribution is -2.62. The van der Waals surface area contributed by atoms with Crippen molar-refractivity contribution in [2.45, 2.75) is 18.8 Å². The molecular weight excluding hydrogens is 132 g/mol. The highest BCUT2D eigenvalue weighted by Gasteiger charge is 2.17. The molecule has 0 bridgehead atoms. The average Bonchev–Trinajstić information content (AvgIpc) is 2.05. The summed E-state index contributed by atoms with van der Waals surface area (Å²) in [7, 11) is 0. The van der Waals surface area contributed by atoms with Gasteiger partial charge in [-0.1, -0.05) is 0 Å². The third-order valence-electron chi connectivity index (χ3n) is 1.57. The smallest absolute Gasteiger partial charge is 0.0739 e. The Morgan fingerprint density at radius 2 is 1.60 bits per heavy atom. The predicted octanol–water partition coefficient (Wildman–Crippen LogP) is -2.89. The van der Waals surface area contributed by atoms with Crippen molar-refractivity contribution in [3.8, 4) is 0 Å². The SMILES string of the molecule is NNC1CC(NN)NCN1. The fourth-order valence-electron chi connectivity index (χ4n) is 0.962. The highest BCUT2D eigenvalue weighted by Crippen LogP contribution is 1.94. The Labute approximate surface area is 59.6 Å².